The molecule has 0 radical (unpaired) electrons. The van der Waals surface area contributed by atoms with E-state index in [4.69, 9.17) is 4.74 Å². The van der Waals surface area contributed by atoms with Gasteiger partial charge in [-0.2, -0.15) is 0 Å². The lowest BCUT2D eigenvalue weighted by Gasteiger charge is -2.37. The SMILES string of the molecule is C[C@H](c1ccccn1)N1CCC[C@H](NC(=O)OC(C)(C)C)C1. The molecule has 1 saturated heterocycles. The monoisotopic (exact) mass is 305 g/mol. The van der Waals surface area contributed by atoms with E-state index >= 15 is 0 Å². The Morgan fingerprint density at radius 1 is 1.45 bits per heavy atom. The van der Waals surface area contributed by atoms with Crippen molar-refractivity contribution < 1.29 is 9.53 Å². The van der Waals surface area contributed by atoms with Gasteiger partial charge in [-0.25, -0.2) is 4.79 Å². The number of nitrogens with one attached hydrogen (secondary N) is 1. The lowest BCUT2D eigenvalue weighted by atomic mass is 10.0. The molecule has 1 aromatic heterocycles. The standard InChI is InChI=1S/C17H27N3O2/c1-13(15-9-5-6-10-18-15)20-11-7-8-14(12-20)19-16(21)22-17(2,3)4/h5-6,9-10,13-14H,7-8,11-12H2,1-4H3,(H,19,21)/t13-,14+/m1/s1. The molecule has 0 bridgehead atoms. The van der Waals surface area contributed by atoms with E-state index in [1.165, 1.54) is 0 Å². The van der Waals surface area contributed by atoms with Crippen LogP contribution >= 0.6 is 0 Å². The Morgan fingerprint density at radius 2 is 2.23 bits per heavy atom. The first kappa shape index (κ1) is 16.7. The van der Waals surface area contributed by atoms with E-state index in [9.17, 15) is 4.79 Å². The Bertz CT molecular complexity index is 484. The number of nitrogens with zero attached hydrogens (tertiary/aromatic N) is 2. The molecule has 0 spiro atoms. The molecule has 1 aliphatic rings. The Hall–Kier alpha value is -1.62. The number of hydrogen-bond donors (Lipinski definition) is 1. The van der Waals surface area contributed by atoms with Gasteiger partial charge in [0.2, 0.25) is 0 Å². The van der Waals surface area contributed by atoms with Crippen LogP contribution in [-0.2, 0) is 4.74 Å². The zero-order chi connectivity index (χ0) is 16.2. The molecule has 0 aromatic carbocycles. The second-order valence-corrected chi connectivity index (χ2v) is 6.91. The maximum absolute atomic E-state index is 11.9. The summed E-state index contributed by atoms with van der Waals surface area (Å²) in [5, 5.41) is 2.99. The largest absolute Gasteiger partial charge is 0.444 e. The quantitative estimate of drug-likeness (QED) is 0.932. The second-order valence-electron chi connectivity index (χ2n) is 6.91. The lowest BCUT2D eigenvalue weighted by Crippen LogP contribution is -2.49. The molecule has 0 aliphatic carbocycles. The van der Waals surface area contributed by atoms with Crippen LogP contribution in [0.3, 0.4) is 0 Å². The van der Waals surface area contributed by atoms with Gasteiger partial charge in [0.15, 0.2) is 0 Å². The molecule has 1 aliphatic heterocycles. The number of rotatable bonds is 3. The Labute approximate surface area is 133 Å². The summed E-state index contributed by atoms with van der Waals surface area (Å²) in [5.74, 6) is 0. The normalized spacial score (nSPS) is 21.2. The lowest BCUT2D eigenvalue weighted by molar-refractivity contribution is 0.0457. The minimum absolute atomic E-state index is 0.134. The topological polar surface area (TPSA) is 54.5 Å². The molecule has 122 valence electrons. The molecule has 1 fully saturated rings. The highest BCUT2D eigenvalue weighted by Gasteiger charge is 2.27. The number of pyridine rings is 1. The van der Waals surface area contributed by atoms with E-state index in [-0.39, 0.29) is 18.2 Å². The number of likely N-dealkylation sites (tertiary alicyclic amines) is 1. The van der Waals surface area contributed by atoms with Crippen molar-refractivity contribution in [1.82, 2.24) is 15.2 Å². The van der Waals surface area contributed by atoms with Crippen molar-refractivity contribution in [1.29, 1.82) is 0 Å². The summed E-state index contributed by atoms with van der Waals surface area (Å²) >= 11 is 0. The predicted octanol–water partition coefficient (Wildman–Crippen LogP) is 3.13. The zero-order valence-electron chi connectivity index (χ0n) is 14.0. The average Bonchev–Trinajstić information content (AvgIpc) is 2.45. The van der Waals surface area contributed by atoms with Crippen LogP contribution in [0.1, 0.15) is 52.3 Å². The summed E-state index contributed by atoms with van der Waals surface area (Å²) in [6, 6.07) is 6.38. The Balaban J connectivity index is 1.90. The van der Waals surface area contributed by atoms with Gasteiger partial charge < -0.3 is 10.1 Å². The van der Waals surface area contributed by atoms with Crippen molar-refractivity contribution in [3.8, 4) is 0 Å². The highest BCUT2D eigenvalue weighted by Crippen LogP contribution is 2.22. The van der Waals surface area contributed by atoms with Gasteiger partial charge in [0.1, 0.15) is 5.60 Å². The Morgan fingerprint density at radius 3 is 2.86 bits per heavy atom. The van der Waals surface area contributed by atoms with Crippen LogP contribution in [0.5, 0.6) is 0 Å². The number of hydrogen-bond acceptors (Lipinski definition) is 4. The van der Waals surface area contributed by atoms with E-state index in [1.807, 2.05) is 39.1 Å². The fraction of sp³-hybridized carbons (Fsp3) is 0.647. The molecule has 1 aromatic rings. The van der Waals surface area contributed by atoms with Crippen molar-refractivity contribution in [3.63, 3.8) is 0 Å². The number of ether oxygens (including phenoxy) is 1. The second kappa shape index (κ2) is 7.09. The molecule has 0 saturated carbocycles. The molecule has 0 unspecified atom stereocenters. The van der Waals surface area contributed by atoms with Gasteiger partial charge in [-0.05, 0) is 59.2 Å². The smallest absolute Gasteiger partial charge is 0.407 e. The van der Waals surface area contributed by atoms with E-state index in [2.05, 4.69) is 28.2 Å². The van der Waals surface area contributed by atoms with Crippen LogP contribution < -0.4 is 5.32 Å². The average molecular weight is 305 g/mol. The predicted molar refractivity (Wildman–Crippen MR) is 86.6 cm³/mol. The van der Waals surface area contributed by atoms with Gasteiger partial charge in [0.05, 0.1) is 5.69 Å². The molecular weight excluding hydrogens is 278 g/mol. The van der Waals surface area contributed by atoms with Gasteiger partial charge in [-0.1, -0.05) is 6.07 Å². The van der Waals surface area contributed by atoms with Crippen molar-refractivity contribution in [2.45, 2.75) is 58.2 Å². The summed E-state index contributed by atoms with van der Waals surface area (Å²) in [6.07, 6.45) is 3.55. The molecule has 1 amide bonds. The summed E-state index contributed by atoms with van der Waals surface area (Å²) in [7, 11) is 0. The first-order chi connectivity index (χ1) is 10.3. The molecule has 5 heteroatoms. The summed E-state index contributed by atoms with van der Waals surface area (Å²) < 4.78 is 5.34. The van der Waals surface area contributed by atoms with Crippen LogP contribution in [-0.4, -0.2) is 40.7 Å². The van der Waals surface area contributed by atoms with Gasteiger partial charge in [-0.3, -0.25) is 9.88 Å². The molecule has 22 heavy (non-hydrogen) atoms. The minimum Gasteiger partial charge on any atom is -0.444 e. The van der Waals surface area contributed by atoms with Crippen LogP contribution in [0, 0.1) is 0 Å². The molecular formula is C17H27N3O2. The number of carbonyl (C=O) groups is 1. The van der Waals surface area contributed by atoms with E-state index in [1.54, 1.807) is 0 Å². The van der Waals surface area contributed by atoms with Gasteiger partial charge in [0.25, 0.3) is 0 Å². The Kier molecular flexibility index (Phi) is 5.40. The van der Waals surface area contributed by atoms with Crippen molar-refractivity contribution in [2.24, 2.45) is 0 Å². The fourth-order valence-corrected chi connectivity index (χ4v) is 2.76. The molecule has 2 heterocycles. The number of amides is 1. The third-order valence-corrected chi connectivity index (χ3v) is 3.84. The zero-order valence-corrected chi connectivity index (χ0v) is 14.0. The minimum atomic E-state index is -0.459. The van der Waals surface area contributed by atoms with E-state index in [0.717, 1.165) is 31.6 Å². The summed E-state index contributed by atoms with van der Waals surface area (Å²) in [5.41, 5.74) is 0.611. The first-order valence-corrected chi connectivity index (χ1v) is 7.99. The fourth-order valence-electron chi connectivity index (χ4n) is 2.76. The van der Waals surface area contributed by atoms with E-state index < -0.39 is 5.60 Å². The third-order valence-electron chi connectivity index (χ3n) is 3.84. The van der Waals surface area contributed by atoms with Gasteiger partial charge in [0, 0.05) is 24.8 Å². The summed E-state index contributed by atoms with van der Waals surface area (Å²) in [6.45, 7) is 9.66. The van der Waals surface area contributed by atoms with Crippen molar-refractivity contribution in [2.75, 3.05) is 13.1 Å². The maximum Gasteiger partial charge on any atom is 0.407 e. The van der Waals surface area contributed by atoms with Crippen LogP contribution in [0.4, 0.5) is 4.79 Å². The van der Waals surface area contributed by atoms with Gasteiger partial charge >= 0.3 is 6.09 Å². The number of piperidine rings is 1. The van der Waals surface area contributed by atoms with E-state index in [0.29, 0.717) is 0 Å². The van der Waals surface area contributed by atoms with Crippen molar-refractivity contribution in [3.05, 3.63) is 30.1 Å². The first-order valence-electron chi connectivity index (χ1n) is 7.99. The number of alkyl carbamates (subject to hydrolysis) is 1. The van der Waals surface area contributed by atoms with Crippen LogP contribution in [0.15, 0.2) is 24.4 Å². The summed E-state index contributed by atoms with van der Waals surface area (Å²) in [4.78, 5) is 18.7. The molecule has 5 nitrogen and oxygen atoms in total. The highest BCUT2D eigenvalue weighted by molar-refractivity contribution is 5.68. The number of aromatic nitrogens is 1. The third kappa shape index (κ3) is 4.98. The van der Waals surface area contributed by atoms with Crippen LogP contribution in [0.2, 0.25) is 0 Å². The molecule has 2 atom stereocenters. The van der Waals surface area contributed by atoms with Gasteiger partial charge in [-0.15, -0.1) is 0 Å². The number of carbonyl (C=O) groups excluding carboxylic acids is 1. The molecule has 1 N–H and O–H groups in total. The molecule has 2 rings (SSSR count). The van der Waals surface area contributed by atoms with Crippen LogP contribution in [0.25, 0.3) is 0 Å². The van der Waals surface area contributed by atoms with Crippen molar-refractivity contribution >= 4 is 6.09 Å². The highest BCUT2D eigenvalue weighted by atomic mass is 16.6. The maximum atomic E-state index is 11.9.